The van der Waals surface area contributed by atoms with E-state index in [1.165, 1.54) is 0 Å². The second-order valence-corrected chi connectivity index (χ2v) is 6.95. The number of hydrogen-bond donors (Lipinski definition) is 1. The number of aromatic carboxylic acids is 1. The average Bonchev–Trinajstić information content (AvgIpc) is 3.18. The maximum Gasteiger partial charge on any atom is 0.335 e. The van der Waals surface area contributed by atoms with Crippen molar-refractivity contribution in [2.45, 2.75) is 25.9 Å². The summed E-state index contributed by atoms with van der Waals surface area (Å²) < 4.78 is 8.08. The van der Waals surface area contributed by atoms with Gasteiger partial charge in [-0.05, 0) is 54.4 Å². The number of hydrogen-bond acceptors (Lipinski definition) is 3. The van der Waals surface area contributed by atoms with Crippen molar-refractivity contribution in [3.63, 3.8) is 0 Å². The Labute approximate surface area is 169 Å². The summed E-state index contributed by atoms with van der Waals surface area (Å²) in [5.74, 6) is -0.155. The van der Waals surface area contributed by atoms with Gasteiger partial charge in [-0.25, -0.2) is 9.48 Å². The van der Waals surface area contributed by atoms with Gasteiger partial charge in [-0.1, -0.05) is 43.7 Å². The van der Waals surface area contributed by atoms with E-state index >= 15 is 0 Å². The molecule has 1 heterocycles. The number of ether oxygens (including phenoxy) is 1. The molecule has 1 unspecified atom stereocenters. The number of carbonyl (C=O) groups is 1. The molecule has 1 aromatic heterocycles. The maximum atomic E-state index is 11.1. The molecule has 0 saturated heterocycles. The van der Waals surface area contributed by atoms with Crippen molar-refractivity contribution in [3.05, 3.63) is 90.1 Å². The molecule has 1 N–H and O–H groups in total. The molecular formula is C24H22N2O3. The Morgan fingerprint density at radius 3 is 2.41 bits per heavy atom. The number of fused-ring (bicyclic) bond motifs is 1. The van der Waals surface area contributed by atoms with E-state index in [1.54, 1.807) is 12.1 Å². The highest BCUT2D eigenvalue weighted by Crippen LogP contribution is 2.27. The van der Waals surface area contributed by atoms with Gasteiger partial charge < -0.3 is 9.84 Å². The lowest BCUT2D eigenvalue weighted by Crippen LogP contribution is -2.08. The molecule has 5 nitrogen and oxygen atoms in total. The van der Waals surface area contributed by atoms with Crippen LogP contribution in [-0.4, -0.2) is 20.9 Å². The zero-order valence-electron chi connectivity index (χ0n) is 16.2. The van der Waals surface area contributed by atoms with E-state index in [-0.39, 0.29) is 11.7 Å². The van der Waals surface area contributed by atoms with Gasteiger partial charge in [0.25, 0.3) is 0 Å². The third-order valence-corrected chi connectivity index (χ3v) is 4.87. The molecule has 1 atom stereocenters. The second-order valence-electron chi connectivity index (χ2n) is 6.95. The van der Waals surface area contributed by atoms with Crippen molar-refractivity contribution < 1.29 is 14.6 Å². The fourth-order valence-corrected chi connectivity index (χ4v) is 3.33. The van der Waals surface area contributed by atoms with Gasteiger partial charge in [0, 0.05) is 11.6 Å². The van der Waals surface area contributed by atoms with Crippen molar-refractivity contribution in [1.29, 1.82) is 0 Å². The number of carboxylic acid groups (broad SMARTS) is 1. The van der Waals surface area contributed by atoms with Crippen LogP contribution in [0.15, 0.2) is 79.0 Å². The molecule has 0 radical (unpaired) electrons. The normalized spacial score (nSPS) is 12.0. The first-order chi connectivity index (χ1) is 14.1. The second kappa shape index (κ2) is 8.19. The monoisotopic (exact) mass is 386 g/mol. The molecule has 0 aliphatic carbocycles. The van der Waals surface area contributed by atoms with E-state index in [1.807, 2.05) is 71.5 Å². The van der Waals surface area contributed by atoms with E-state index in [4.69, 9.17) is 9.84 Å². The summed E-state index contributed by atoms with van der Waals surface area (Å²) in [5.41, 5.74) is 3.17. The molecule has 0 aliphatic heterocycles. The van der Waals surface area contributed by atoms with Gasteiger partial charge in [-0.2, -0.15) is 5.10 Å². The number of aromatic nitrogens is 2. The van der Waals surface area contributed by atoms with Crippen molar-refractivity contribution in [1.82, 2.24) is 9.78 Å². The van der Waals surface area contributed by atoms with Crippen LogP contribution in [0.5, 0.6) is 5.75 Å². The molecule has 0 aliphatic rings. The van der Waals surface area contributed by atoms with Crippen molar-refractivity contribution in [2.24, 2.45) is 0 Å². The summed E-state index contributed by atoms with van der Waals surface area (Å²) >= 11 is 0. The molecule has 0 amide bonds. The highest BCUT2D eigenvalue weighted by atomic mass is 16.5. The summed E-state index contributed by atoms with van der Waals surface area (Å²) in [6.45, 7) is 2.10. The summed E-state index contributed by atoms with van der Waals surface area (Å²) in [7, 11) is 0. The standard InChI is InChI=1S/C24H22N2O3/c1-2-5-23(17-8-10-18(11-9-17)24(27)28)29-21-14-12-20(13-15-21)26-16-19-6-3-4-7-22(19)25-26/h3-4,6-16,23H,2,5H2,1H3,(H,27,28). The molecule has 146 valence electrons. The lowest BCUT2D eigenvalue weighted by atomic mass is 10.0. The summed E-state index contributed by atoms with van der Waals surface area (Å²) in [5, 5.41) is 14.8. The fraction of sp³-hybridized carbons (Fsp3) is 0.167. The molecule has 5 heteroatoms. The average molecular weight is 386 g/mol. The van der Waals surface area contributed by atoms with Crippen LogP contribution < -0.4 is 4.74 Å². The van der Waals surface area contributed by atoms with Crippen LogP contribution in [0.2, 0.25) is 0 Å². The molecule has 29 heavy (non-hydrogen) atoms. The lowest BCUT2D eigenvalue weighted by molar-refractivity contribution is 0.0696. The van der Waals surface area contributed by atoms with Gasteiger partial charge in [0.1, 0.15) is 11.9 Å². The van der Waals surface area contributed by atoms with Gasteiger partial charge in [-0.15, -0.1) is 0 Å². The first-order valence-electron chi connectivity index (χ1n) is 9.69. The number of carboxylic acids is 1. The van der Waals surface area contributed by atoms with E-state index < -0.39 is 5.97 Å². The maximum absolute atomic E-state index is 11.1. The van der Waals surface area contributed by atoms with Gasteiger partial charge in [0.15, 0.2) is 0 Å². The number of rotatable bonds is 7. The summed E-state index contributed by atoms with van der Waals surface area (Å²) in [6.07, 6.45) is 3.69. The number of nitrogens with zero attached hydrogens (tertiary/aromatic N) is 2. The van der Waals surface area contributed by atoms with Gasteiger partial charge >= 0.3 is 5.97 Å². The SMILES string of the molecule is CCCC(Oc1ccc(-n2cc3ccccc3n2)cc1)c1ccc(C(=O)O)cc1. The molecule has 3 aromatic carbocycles. The molecular weight excluding hydrogens is 364 g/mol. The Hall–Kier alpha value is -3.60. The summed E-state index contributed by atoms with van der Waals surface area (Å²) in [6, 6.07) is 22.8. The molecule has 4 rings (SSSR count). The Balaban J connectivity index is 1.53. The van der Waals surface area contributed by atoms with E-state index in [2.05, 4.69) is 12.0 Å². The molecule has 4 aromatic rings. The predicted octanol–water partition coefficient (Wildman–Crippen LogP) is 5.64. The molecule has 0 bridgehead atoms. The van der Waals surface area contributed by atoms with Crippen LogP contribution >= 0.6 is 0 Å². The van der Waals surface area contributed by atoms with Crippen LogP contribution in [0.1, 0.15) is 41.8 Å². The minimum atomic E-state index is -0.925. The zero-order valence-corrected chi connectivity index (χ0v) is 16.2. The highest BCUT2D eigenvalue weighted by molar-refractivity contribution is 5.87. The van der Waals surface area contributed by atoms with Crippen molar-refractivity contribution in [3.8, 4) is 11.4 Å². The molecule has 0 fully saturated rings. The van der Waals surface area contributed by atoms with Crippen LogP contribution in [0.25, 0.3) is 16.6 Å². The predicted molar refractivity (Wildman–Crippen MR) is 113 cm³/mol. The third-order valence-electron chi connectivity index (χ3n) is 4.87. The number of benzene rings is 3. The Kier molecular flexibility index (Phi) is 5.29. The minimum absolute atomic E-state index is 0.124. The van der Waals surface area contributed by atoms with Crippen molar-refractivity contribution >= 4 is 16.9 Å². The summed E-state index contributed by atoms with van der Waals surface area (Å²) in [4.78, 5) is 11.1. The topological polar surface area (TPSA) is 64.4 Å². The Bertz CT molecular complexity index is 1080. The van der Waals surface area contributed by atoms with E-state index in [0.29, 0.717) is 0 Å². The highest BCUT2D eigenvalue weighted by Gasteiger charge is 2.14. The third kappa shape index (κ3) is 4.14. The lowest BCUT2D eigenvalue weighted by Gasteiger charge is -2.19. The van der Waals surface area contributed by atoms with E-state index in [0.717, 1.165) is 40.7 Å². The van der Waals surface area contributed by atoms with Crippen LogP contribution in [-0.2, 0) is 0 Å². The minimum Gasteiger partial charge on any atom is -0.486 e. The first kappa shape index (κ1) is 18.7. The molecule has 0 spiro atoms. The molecule has 0 saturated carbocycles. The van der Waals surface area contributed by atoms with Crippen molar-refractivity contribution in [2.75, 3.05) is 0 Å². The zero-order chi connectivity index (χ0) is 20.2. The van der Waals surface area contributed by atoms with Gasteiger partial charge in [-0.3, -0.25) is 0 Å². The Morgan fingerprint density at radius 1 is 1.03 bits per heavy atom. The fourth-order valence-electron chi connectivity index (χ4n) is 3.33. The van der Waals surface area contributed by atoms with Crippen LogP contribution in [0.4, 0.5) is 0 Å². The first-order valence-corrected chi connectivity index (χ1v) is 9.69. The van der Waals surface area contributed by atoms with Crippen LogP contribution in [0.3, 0.4) is 0 Å². The van der Waals surface area contributed by atoms with Gasteiger partial charge in [0.2, 0.25) is 0 Å². The van der Waals surface area contributed by atoms with Crippen LogP contribution in [0, 0.1) is 0 Å². The quantitative estimate of drug-likeness (QED) is 0.446. The Morgan fingerprint density at radius 2 is 1.76 bits per heavy atom. The largest absolute Gasteiger partial charge is 0.486 e. The van der Waals surface area contributed by atoms with E-state index in [9.17, 15) is 4.79 Å². The van der Waals surface area contributed by atoms with Gasteiger partial charge in [0.05, 0.1) is 16.8 Å². The smallest absolute Gasteiger partial charge is 0.335 e.